The number of aromatic nitrogens is 2. The molecule has 0 fully saturated rings. The number of carbonyl (C=O) groups is 1. The molecule has 1 amide bonds. The van der Waals surface area contributed by atoms with E-state index in [0.29, 0.717) is 32.1 Å². The summed E-state index contributed by atoms with van der Waals surface area (Å²) >= 11 is 7.35. The monoisotopic (exact) mass is 441 g/mol. The van der Waals surface area contributed by atoms with Crippen LogP contribution < -0.4 is 10.9 Å². The lowest BCUT2D eigenvalue weighted by atomic mass is 10.1. The van der Waals surface area contributed by atoms with Crippen LogP contribution in [0, 0.1) is 12.7 Å². The zero-order valence-electron chi connectivity index (χ0n) is 16.1. The first-order valence-electron chi connectivity index (χ1n) is 9.16. The van der Waals surface area contributed by atoms with Crippen molar-refractivity contribution in [3.8, 4) is 11.1 Å². The maximum Gasteiger partial charge on any atom is 0.263 e. The van der Waals surface area contributed by atoms with Gasteiger partial charge >= 0.3 is 0 Å². The van der Waals surface area contributed by atoms with Gasteiger partial charge in [0.2, 0.25) is 5.91 Å². The van der Waals surface area contributed by atoms with Crippen molar-refractivity contribution < 1.29 is 9.18 Å². The maximum atomic E-state index is 13.3. The van der Waals surface area contributed by atoms with E-state index >= 15 is 0 Å². The van der Waals surface area contributed by atoms with Crippen LogP contribution in [0.4, 0.5) is 10.1 Å². The van der Waals surface area contributed by atoms with Crippen molar-refractivity contribution in [3.63, 3.8) is 0 Å². The molecule has 2 aromatic carbocycles. The van der Waals surface area contributed by atoms with Gasteiger partial charge in [-0.05, 0) is 49.2 Å². The summed E-state index contributed by atoms with van der Waals surface area (Å²) in [6, 6.07) is 10.3. The second-order valence-electron chi connectivity index (χ2n) is 6.92. The molecule has 152 valence electrons. The van der Waals surface area contributed by atoms with E-state index in [2.05, 4.69) is 10.3 Å². The van der Waals surface area contributed by atoms with E-state index in [0.717, 1.165) is 5.56 Å². The Labute approximate surface area is 180 Å². The van der Waals surface area contributed by atoms with Crippen LogP contribution in [0.1, 0.15) is 18.5 Å². The van der Waals surface area contributed by atoms with Gasteiger partial charge in [-0.25, -0.2) is 9.37 Å². The number of thiophene rings is 1. The Morgan fingerprint density at radius 1 is 1.23 bits per heavy atom. The minimum atomic E-state index is -0.797. The summed E-state index contributed by atoms with van der Waals surface area (Å²) in [4.78, 5) is 31.0. The molecule has 30 heavy (non-hydrogen) atoms. The highest BCUT2D eigenvalue weighted by molar-refractivity contribution is 7.17. The average molecular weight is 442 g/mol. The molecule has 1 atom stereocenters. The van der Waals surface area contributed by atoms with E-state index in [9.17, 15) is 14.0 Å². The van der Waals surface area contributed by atoms with Gasteiger partial charge in [-0.15, -0.1) is 11.3 Å². The van der Waals surface area contributed by atoms with Crippen LogP contribution in [-0.4, -0.2) is 15.5 Å². The van der Waals surface area contributed by atoms with Crippen molar-refractivity contribution in [2.24, 2.45) is 0 Å². The minimum absolute atomic E-state index is 0.328. The molecule has 2 aromatic heterocycles. The number of fused-ring (bicyclic) bond motifs is 1. The number of hydrogen-bond acceptors (Lipinski definition) is 4. The lowest BCUT2D eigenvalue weighted by Gasteiger charge is -2.16. The Hall–Kier alpha value is -3.03. The van der Waals surface area contributed by atoms with E-state index < -0.39 is 6.04 Å². The molecule has 0 aliphatic heterocycles. The van der Waals surface area contributed by atoms with Crippen LogP contribution in [0.15, 0.2) is 59.0 Å². The summed E-state index contributed by atoms with van der Waals surface area (Å²) in [5, 5.41) is 5.55. The predicted molar refractivity (Wildman–Crippen MR) is 119 cm³/mol. The summed E-state index contributed by atoms with van der Waals surface area (Å²) < 4.78 is 14.6. The minimum Gasteiger partial charge on any atom is -0.324 e. The maximum absolute atomic E-state index is 13.3. The van der Waals surface area contributed by atoms with Gasteiger partial charge in [-0.1, -0.05) is 29.8 Å². The first-order chi connectivity index (χ1) is 14.3. The first-order valence-corrected chi connectivity index (χ1v) is 10.4. The van der Waals surface area contributed by atoms with Gasteiger partial charge in [0.05, 0.1) is 11.7 Å². The number of rotatable bonds is 4. The molecule has 5 nitrogen and oxygen atoms in total. The number of hydrogen-bond donors (Lipinski definition) is 1. The third kappa shape index (κ3) is 3.74. The van der Waals surface area contributed by atoms with Gasteiger partial charge in [-0.2, -0.15) is 0 Å². The molecule has 8 heteroatoms. The summed E-state index contributed by atoms with van der Waals surface area (Å²) in [5.74, 6) is -0.711. The molecule has 0 spiro atoms. The number of anilines is 1. The average Bonchev–Trinajstić information content (AvgIpc) is 3.16. The lowest BCUT2D eigenvalue weighted by Crippen LogP contribution is -2.31. The Kier molecular flexibility index (Phi) is 5.40. The molecule has 0 bridgehead atoms. The summed E-state index contributed by atoms with van der Waals surface area (Å²) in [7, 11) is 0. The van der Waals surface area contributed by atoms with E-state index in [1.165, 1.54) is 34.4 Å². The SMILES string of the molecule is Cc1ccc(Cl)cc1NC(=O)C(C)n1cnc2scc(-c3ccc(F)cc3)c2c1=O. The third-order valence-corrected chi connectivity index (χ3v) is 6.05. The second kappa shape index (κ2) is 8.01. The van der Waals surface area contributed by atoms with E-state index in [1.807, 2.05) is 18.4 Å². The normalized spacial score (nSPS) is 12.1. The highest BCUT2D eigenvalue weighted by Gasteiger charge is 2.21. The highest BCUT2D eigenvalue weighted by Crippen LogP contribution is 2.31. The third-order valence-electron chi connectivity index (χ3n) is 4.93. The number of nitrogens with zero attached hydrogens (tertiary/aromatic N) is 2. The van der Waals surface area contributed by atoms with E-state index in [-0.39, 0.29) is 17.3 Å². The predicted octanol–water partition coefficient (Wildman–Crippen LogP) is 5.43. The molecule has 0 saturated heterocycles. The smallest absolute Gasteiger partial charge is 0.263 e. The standard InChI is InChI=1S/C22H17ClFN3O2S/c1-12-3-6-15(23)9-18(12)26-20(28)13(2)27-11-25-21-19(22(27)29)17(10-30-21)14-4-7-16(24)8-5-14/h3-11,13H,1-2H3,(H,26,28). The summed E-state index contributed by atoms with van der Waals surface area (Å²) in [6.45, 7) is 3.49. The molecule has 0 aliphatic rings. The zero-order valence-corrected chi connectivity index (χ0v) is 17.7. The van der Waals surface area contributed by atoms with Gasteiger partial charge in [-0.3, -0.25) is 14.2 Å². The van der Waals surface area contributed by atoms with Gasteiger partial charge < -0.3 is 5.32 Å². The topological polar surface area (TPSA) is 64.0 Å². The fourth-order valence-corrected chi connectivity index (χ4v) is 4.23. The quantitative estimate of drug-likeness (QED) is 0.459. The molecule has 1 N–H and O–H groups in total. The Morgan fingerprint density at radius 2 is 1.97 bits per heavy atom. The molecule has 0 radical (unpaired) electrons. The van der Waals surface area contributed by atoms with Gasteiger partial charge in [0.15, 0.2) is 0 Å². The van der Waals surface area contributed by atoms with Crippen LogP contribution in [0.25, 0.3) is 21.3 Å². The Morgan fingerprint density at radius 3 is 2.70 bits per heavy atom. The number of carbonyl (C=O) groups excluding carboxylic acids is 1. The highest BCUT2D eigenvalue weighted by atomic mass is 35.5. The van der Waals surface area contributed by atoms with E-state index in [4.69, 9.17) is 11.6 Å². The number of nitrogens with one attached hydrogen (secondary N) is 1. The van der Waals surface area contributed by atoms with E-state index in [1.54, 1.807) is 31.2 Å². The molecule has 4 aromatic rings. The Bertz CT molecular complexity index is 1310. The van der Waals surface area contributed by atoms with Crippen molar-refractivity contribution in [1.82, 2.24) is 9.55 Å². The van der Waals surface area contributed by atoms with Gasteiger partial charge in [0.25, 0.3) is 5.56 Å². The number of benzene rings is 2. The first kappa shape index (κ1) is 20.3. The second-order valence-corrected chi connectivity index (χ2v) is 8.21. The van der Waals surface area contributed by atoms with Crippen LogP contribution in [0.2, 0.25) is 5.02 Å². The van der Waals surface area contributed by atoms with Crippen molar-refractivity contribution in [1.29, 1.82) is 0 Å². The molecule has 4 rings (SSSR count). The fraction of sp³-hybridized carbons (Fsp3) is 0.136. The lowest BCUT2D eigenvalue weighted by molar-refractivity contribution is -0.118. The Balaban J connectivity index is 1.72. The van der Waals surface area contributed by atoms with Crippen LogP contribution in [0.3, 0.4) is 0 Å². The molecular formula is C22H17ClFN3O2S. The molecule has 2 heterocycles. The zero-order chi connectivity index (χ0) is 21.4. The van der Waals surface area contributed by atoms with Crippen LogP contribution in [0.5, 0.6) is 0 Å². The van der Waals surface area contributed by atoms with Gasteiger partial charge in [0, 0.05) is 21.7 Å². The van der Waals surface area contributed by atoms with Crippen molar-refractivity contribution >= 4 is 44.7 Å². The summed E-state index contributed by atoms with van der Waals surface area (Å²) in [6.07, 6.45) is 1.38. The number of aryl methyl sites for hydroxylation is 1. The number of amides is 1. The van der Waals surface area contributed by atoms with Crippen molar-refractivity contribution in [3.05, 3.63) is 80.9 Å². The molecule has 0 aliphatic carbocycles. The van der Waals surface area contributed by atoms with Crippen molar-refractivity contribution in [2.75, 3.05) is 5.32 Å². The van der Waals surface area contributed by atoms with Crippen LogP contribution in [-0.2, 0) is 4.79 Å². The number of halogens is 2. The van der Waals surface area contributed by atoms with Crippen LogP contribution >= 0.6 is 22.9 Å². The largest absolute Gasteiger partial charge is 0.324 e. The van der Waals surface area contributed by atoms with Crippen molar-refractivity contribution in [2.45, 2.75) is 19.9 Å². The molecule has 1 unspecified atom stereocenters. The molecule has 0 saturated carbocycles. The van der Waals surface area contributed by atoms with Gasteiger partial charge in [0.1, 0.15) is 16.7 Å². The molecular weight excluding hydrogens is 425 g/mol. The summed E-state index contributed by atoms with van der Waals surface area (Å²) in [5.41, 5.74) is 2.50. The fourth-order valence-electron chi connectivity index (χ4n) is 3.16.